The molecule has 0 unspecified atom stereocenters. The Bertz CT molecular complexity index is 522. The molecule has 2 rings (SSSR count). The zero-order chi connectivity index (χ0) is 11.7. The van der Waals surface area contributed by atoms with Gasteiger partial charge in [0.2, 0.25) is 0 Å². The summed E-state index contributed by atoms with van der Waals surface area (Å²) in [6.07, 6.45) is 0. The van der Waals surface area contributed by atoms with Crippen molar-refractivity contribution in [1.29, 1.82) is 0 Å². The van der Waals surface area contributed by atoms with E-state index in [-0.39, 0.29) is 0 Å². The molecule has 1 heterocycles. The molecule has 1 aromatic heterocycles. The van der Waals surface area contributed by atoms with Gasteiger partial charge in [-0.2, -0.15) is 0 Å². The maximum absolute atomic E-state index is 6.12. The van der Waals surface area contributed by atoms with Crippen LogP contribution in [-0.4, -0.2) is 7.11 Å². The first-order valence-electron chi connectivity index (χ1n) is 4.81. The van der Waals surface area contributed by atoms with Crippen LogP contribution in [0.1, 0.15) is 5.56 Å². The number of benzene rings is 1. The van der Waals surface area contributed by atoms with E-state index in [0.717, 1.165) is 31.8 Å². The van der Waals surface area contributed by atoms with Crippen LogP contribution in [-0.2, 0) is 0 Å². The van der Waals surface area contributed by atoms with Gasteiger partial charge in [0, 0.05) is 15.5 Å². The van der Waals surface area contributed by atoms with E-state index >= 15 is 0 Å². The highest BCUT2D eigenvalue weighted by atomic mass is 35.5. The van der Waals surface area contributed by atoms with Gasteiger partial charge < -0.3 is 10.5 Å². The SMILES string of the molecule is COc1cc(C)c(Cl)cc1-c1ccc(N)s1. The number of methoxy groups -OCH3 is 1. The monoisotopic (exact) mass is 253 g/mol. The first kappa shape index (κ1) is 11.3. The van der Waals surface area contributed by atoms with Gasteiger partial charge in [-0.3, -0.25) is 0 Å². The van der Waals surface area contributed by atoms with Crippen LogP contribution >= 0.6 is 22.9 Å². The summed E-state index contributed by atoms with van der Waals surface area (Å²) in [5, 5.41) is 1.52. The lowest BCUT2D eigenvalue weighted by atomic mass is 10.1. The molecule has 2 nitrogen and oxygen atoms in total. The van der Waals surface area contributed by atoms with E-state index in [1.54, 1.807) is 7.11 Å². The molecule has 0 aliphatic carbocycles. The second kappa shape index (κ2) is 4.36. The summed E-state index contributed by atoms with van der Waals surface area (Å²) in [4.78, 5) is 1.07. The fourth-order valence-electron chi connectivity index (χ4n) is 1.51. The summed E-state index contributed by atoms with van der Waals surface area (Å²) in [6.45, 7) is 1.96. The highest BCUT2D eigenvalue weighted by Gasteiger charge is 2.10. The number of nitrogens with two attached hydrogens (primary N) is 1. The van der Waals surface area contributed by atoms with E-state index in [1.807, 2.05) is 31.2 Å². The zero-order valence-corrected chi connectivity index (χ0v) is 10.7. The number of nitrogen functional groups attached to an aromatic ring is 1. The third-order valence-electron chi connectivity index (χ3n) is 2.37. The van der Waals surface area contributed by atoms with Gasteiger partial charge in [0.15, 0.2) is 0 Å². The van der Waals surface area contributed by atoms with Gasteiger partial charge in [0.05, 0.1) is 12.1 Å². The van der Waals surface area contributed by atoms with E-state index in [0.29, 0.717) is 0 Å². The molecule has 0 saturated heterocycles. The van der Waals surface area contributed by atoms with Crippen molar-refractivity contribution in [1.82, 2.24) is 0 Å². The number of aryl methyl sites for hydroxylation is 1. The van der Waals surface area contributed by atoms with Crippen LogP contribution in [0.15, 0.2) is 24.3 Å². The van der Waals surface area contributed by atoms with Crippen LogP contribution in [0.3, 0.4) is 0 Å². The number of ether oxygens (including phenoxy) is 1. The highest BCUT2D eigenvalue weighted by molar-refractivity contribution is 7.19. The number of rotatable bonds is 2. The molecule has 2 aromatic rings. The molecule has 0 fully saturated rings. The van der Waals surface area contributed by atoms with Crippen molar-refractivity contribution < 1.29 is 4.74 Å². The normalized spacial score (nSPS) is 10.4. The predicted molar refractivity (Wildman–Crippen MR) is 70.5 cm³/mol. The first-order valence-corrected chi connectivity index (χ1v) is 6.01. The van der Waals surface area contributed by atoms with Crippen LogP contribution in [0, 0.1) is 6.92 Å². The fourth-order valence-corrected chi connectivity index (χ4v) is 2.47. The minimum Gasteiger partial charge on any atom is -0.496 e. The van der Waals surface area contributed by atoms with Crippen molar-refractivity contribution in [3.8, 4) is 16.2 Å². The Balaban J connectivity index is 2.59. The number of halogens is 1. The summed E-state index contributed by atoms with van der Waals surface area (Å²) in [7, 11) is 1.66. The minimum absolute atomic E-state index is 0.739. The van der Waals surface area contributed by atoms with Crippen LogP contribution in [0.4, 0.5) is 5.00 Å². The van der Waals surface area contributed by atoms with Crippen molar-refractivity contribution in [2.75, 3.05) is 12.8 Å². The lowest BCUT2D eigenvalue weighted by Gasteiger charge is -2.09. The molecule has 84 valence electrons. The van der Waals surface area contributed by atoms with Crippen LogP contribution in [0.5, 0.6) is 5.75 Å². The standard InChI is InChI=1S/C12H12ClNOS/c1-7-5-10(15-2)8(6-9(7)13)11-3-4-12(14)16-11/h3-6H,14H2,1-2H3. The Morgan fingerprint density at radius 1 is 1.31 bits per heavy atom. The van der Waals surface area contributed by atoms with Crippen LogP contribution in [0.25, 0.3) is 10.4 Å². The van der Waals surface area contributed by atoms with Gasteiger partial charge in [-0.05, 0) is 36.8 Å². The Morgan fingerprint density at radius 2 is 2.06 bits per heavy atom. The van der Waals surface area contributed by atoms with E-state index < -0.39 is 0 Å². The van der Waals surface area contributed by atoms with E-state index in [1.165, 1.54) is 11.3 Å². The molecule has 0 radical (unpaired) electrons. The van der Waals surface area contributed by atoms with E-state index in [2.05, 4.69) is 0 Å². The third kappa shape index (κ3) is 2.01. The molecular formula is C12H12ClNOS. The minimum atomic E-state index is 0.739. The summed E-state index contributed by atoms with van der Waals surface area (Å²) >= 11 is 7.64. The van der Waals surface area contributed by atoms with Crippen molar-refractivity contribution >= 4 is 27.9 Å². The Labute approximate surface area is 104 Å². The molecule has 0 atom stereocenters. The van der Waals surface area contributed by atoms with Crippen molar-refractivity contribution in [2.45, 2.75) is 6.92 Å². The quantitative estimate of drug-likeness (QED) is 0.879. The second-order valence-electron chi connectivity index (χ2n) is 3.50. The predicted octanol–water partition coefficient (Wildman–Crippen LogP) is 3.97. The molecule has 0 aliphatic rings. The molecule has 0 amide bonds. The van der Waals surface area contributed by atoms with Gasteiger partial charge >= 0.3 is 0 Å². The summed E-state index contributed by atoms with van der Waals surface area (Å²) < 4.78 is 5.35. The second-order valence-corrected chi connectivity index (χ2v) is 5.03. The van der Waals surface area contributed by atoms with Gasteiger partial charge in [0.1, 0.15) is 5.75 Å². The third-order valence-corrected chi connectivity index (χ3v) is 3.73. The number of anilines is 1. The summed E-state index contributed by atoms with van der Waals surface area (Å²) in [5.41, 5.74) is 7.71. The van der Waals surface area contributed by atoms with Crippen molar-refractivity contribution in [3.63, 3.8) is 0 Å². The zero-order valence-electron chi connectivity index (χ0n) is 9.08. The molecule has 0 bridgehead atoms. The van der Waals surface area contributed by atoms with Gasteiger partial charge in [-0.15, -0.1) is 11.3 Å². The van der Waals surface area contributed by atoms with Gasteiger partial charge in [0.25, 0.3) is 0 Å². The highest BCUT2D eigenvalue weighted by Crippen LogP contribution is 2.38. The molecule has 16 heavy (non-hydrogen) atoms. The van der Waals surface area contributed by atoms with Crippen LogP contribution < -0.4 is 10.5 Å². The molecule has 4 heteroatoms. The molecule has 1 aromatic carbocycles. The summed E-state index contributed by atoms with van der Waals surface area (Å²) in [5.74, 6) is 0.823. The van der Waals surface area contributed by atoms with Crippen molar-refractivity contribution in [2.24, 2.45) is 0 Å². The lowest BCUT2D eigenvalue weighted by Crippen LogP contribution is -1.88. The molecule has 2 N–H and O–H groups in total. The molecule has 0 spiro atoms. The maximum Gasteiger partial charge on any atom is 0.127 e. The Hall–Kier alpha value is -1.19. The molecule has 0 saturated carbocycles. The average molecular weight is 254 g/mol. The average Bonchev–Trinajstić information content (AvgIpc) is 2.68. The number of hydrogen-bond donors (Lipinski definition) is 1. The van der Waals surface area contributed by atoms with Gasteiger partial charge in [-0.1, -0.05) is 11.6 Å². The van der Waals surface area contributed by atoms with E-state index in [4.69, 9.17) is 22.1 Å². The number of hydrogen-bond acceptors (Lipinski definition) is 3. The largest absolute Gasteiger partial charge is 0.496 e. The summed E-state index contributed by atoms with van der Waals surface area (Å²) in [6, 6.07) is 7.71. The first-order chi connectivity index (χ1) is 7.61. The van der Waals surface area contributed by atoms with Gasteiger partial charge in [-0.25, -0.2) is 0 Å². The molecule has 0 aliphatic heterocycles. The van der Waals surface area contributed by atoms with E-state index in [9.17, 15) is 0 Å². The molecular weight excluding hydrogens is 242 g/mol. The van der Waals surface area contributed by atoms with Crippen LogP contribution in [0.2, 0.25) is 5.02 Å². The lowest BCUT2D eigenvalue weighted by molar-refractivity contribution is 0.416. The Kier molecular flexibility index (Phi) is 3.08. The maximum atomic E-state index is 6.12. The fraction of sp³-hybridized carbons (Fsp3) is 0.167. The topological polar surface area (TPSA) is 35.2 Å². The van der Waals surface area contributed by atoms with Crippen molar-refractivity contribution in [3.05, 3.63) is 34.9 Å². The Morgan fingerprint density at radius 3 is 2.62 bits per heavy atom. The number of thiophene rings is 1. The smallest absolute Gasteiger partial charge is 0.127 e.